The zero-order valence-electron chi connectivity index (χ0n) is 18.7. The molecule has 7 nitrogen and oxygen atoms in total. The van der Waals surface area contributed by atoms with Gasteiger partial charge >= 0.3 is 17.9 Å². The van der Waals surface area contributed by atoms with Crippen LogP contribution >= 0.6 is 11.8 Å². The molecule has 0 aromatic heterocycles. The van der Waals surface area contributed by atoms with E-state index in [1.807, 2.05) is 27.7 Å². The molecular formula is C21H36O7S. The lowest BCUT2D eigenvalue weighted by molar-refractivity contribution is -0.191. The third-order valence-electron chi connectivity index (χ3n) is 4.68. The van der Waals surface area contributed by atoms with Crippen molar-refractivity contribution in [2.75, 3.05) is 12.4 Å². The largest absolute Gasteiger partial charge is 0.463 e. The molecule has 1 heterocycles. The number of rotatable bonds is 9. The predicted molar refractivity (Wildman–Crippen MR) is 111 cm³/mol. The van der Waals surface area contributed by atoms with E-state index in [1.54, 1.807) is 11.8 Å². The SMILES string of the molecule is CC(=O)OCC1O[C@@H](SCCCCC(=O)OC(C)(C)C)C(C)[C@@H](C)[C@H]1OC(C)=O. The van der Waals surface area contributed by atoms with Gasteiger partial charge in [0.25, 0.3) is 0 Å². The second-order valence-corrected chi connectivity index (χ2v) is 9.76. The highest BCUT2D eigenvalue weighted by molar-refractivity contribution is 7.99. The molecule has 168 valence electrons. The van der Waals surface area contributed by atoms with Gasteiger partial charge in [-0.05, 0) is 45.3 Å². The number of thioether (sulfide) groups is 1. The van der Waals surface area contributed by atoms with Gasteiger partial charge in [-0.1, -0.05) is 13.8 Å². The number of hydrogen-bond donors (Lipinski definition) is 0. The summed E-state index contributed by atoms with van der Waals surface area (Å²) >= 11 is 1.68. The summed E-state index contributed by atoms with van der Waals surface area (Å²) in [6.45, 7) is 12.4. The molecule has 0 bridgehead atoms. The molecule has 1 saturated heterocycles. The molecule has 0 aromatic carbocycles. The van der Waals surface area contributed by atoms with Gasteiger partial charge in [-0.2, -0.15) is 0 Å². The highest BCUT2D eigenvalue weighted by Gasteiger charge is 2.44. The minimum atomic E-state index is -0.492. The summed E-state index contributed by atoms with van der Waals surface area (Å²) in [5, 5.41) is 0. The zero-order valence-corrected chi connectivity index (χ0v) is 19.5. The maximum atomic E-state index is 11.8. The smallest absolute Gasteiger partial charge is 0.306 e. The van der Waals surface area contributed by atoms with Crippen molar-refractivity contribution in [3.8, 4) is 0 Å². The maximum Gasteiger partial charge on any atom is 0.306 e. The maximum absolute atomic E-state index is 11.8. The topological polar surface area (TPSA) is 88.1 Å². The van der Waals surface area contributed by atoms with Crippen LogP contribution in [-0.2, 0) is 33.3 Å². The van der Waals surface area contributed by atoms with Gasteiger partial charge in [0.15, 0.2) is 0 Å². The number of unbranched alkanes of at least 4 members (excludes halogenated alkanes) is 1. The minimum Gasteiger partial charge on any atom is -0.463 e. The second-order valence-electron chi connectivity index (χ2n) is 8.55. The number of esters is 3. The number of carbonyl (C=O) groups is 3. The van der Waals surface area contributed by atoms with Crippen molar-refractivity contribution in [1.82, 2.24) is 0 Å². The molecule has 8 heteroatoms. The lowest BCUT2D eigenvalue weighted by atomic mass is 9.85. The van der Waals surface area contributed by atoms with Crippen LogP contribution in [0.3, 0.4) is 0 Å². The third-order valence-corrected chi connectivity index (χ3v) is 6.08. The fourth-order valence-corrected chi connectivity index (χ4v) is 4.50. The van der Waals surface area contributed by atoms with Crippen LogP contribution in [0.4, 0.5) is 0 Å². The molecule has 29 heavy (non-hydrogen) atoms. The van der Waals surface area contributed by atoms with E-state index in [0.717, 1.165) is 18.6 Å². The van der Waals surface area contributed by atoms with E-state index in [2.05, 4.69) is 6.92 Å². The average Bonchev–Trinajstić information content (AvgIpc) is 2.57. The summed E-state index contributed by atoms with van der Waals surface area (Å²) in [5.74, 6) is 0.107. The van der Waals surface area contributed by atoms with Gasteiger partial charge < -0.3 is 18.9 Å². The van der Waals surface area contributed by atoms with Crippen LogP contribution in [0.15, 0.2) is 0 Å². The van der Waals surface area contributed by atoms with E-state index in [1.165, 1.54) is 13.8 Å². The highest BCUT2D eigenvalue weighted by Crippen LogP contribution is 2.38. The van der Waals surface area contributed by atoms with Crippen molar-refractivity contribution in [1.29, 1.82) is 0 Å². The molecule has 0 amide bonds. The Kier molecular flexibility index (Phi) is 10.5. The summed E-state index contributed by atoms with van der Waals surface area (Å²) < 4.78 is 22.0. The quantitative estimate of drug-likeness (QED) is 0.309. The van der Waals surface area contributed by atoms with Gasteiger partial charge in [-0.15, -0.1) is 11.8 Å². The Labute approximate surface area is 178 Å². The number of carbonyl (C=O) groups excluding carboxylic acids is 3. The molecule has 0 radical (unpaired) electrons. The van der Waals surface area contributed by atoms with Crippen molar-refractivity contribution < 1.29 is 33.3 Å². The second kappa shape index (κ2) is 11.8. The van der Waals surface area contributed by atoms with Gasteiger partial charge in [0.05, 0.1) is 0 Å². The van der Waals surface area contributed by atoms with Gasteiger partial charge in [-0.25, -0.2) is 0 Å². The Bertz CT molecular complexity index is 558. The average molecular weight is 433 g/mol. The van der Waals surface area contributed by atoms with Crippen LogP contribution in [-0.4, -0.2) is 53.5 Å². The highest BCUT2D eigenvalue weighted by atomic mass is 32.2. The van der Waals surface area contributed by atoms with Crippen molar-refractivity contribution >= 4 is 29.7 Å². The Morgan fingerprint density at radius 1 is 1.00 bits per heavy atom. The van der Waals surface area contributed by atoms with E-state index in [0.29, 0.717) is 6.42 Å². The Hall–Kier alpha value is -1.28. The van der Waals surface area contributed by atoms with E-state index >= 15 is 0 Å². The molecule has 0 aliphatic carbocycles. The molecule has 1 aliphatic rings. The molecule has 5 atom stereocenters. The molecule has 1 aliphatic heterocycles. The summed E-state index contributed by atoms with van der Waals surface area (Å²) in [4.78, 5) is 34.5. The van der Waals surface area contributed by atoms with Crippen LogP contribution in [0.2, 0.25) is 0 Å². The molecule has 0 saturated carbocycles. The molecule has 0 N–H and O–H groups in total. The van der Waals surface area contributed by atoms with Crippen molar-refractivity contribution in [3.05, 3.63) is 0 Å². The summed E-state index contributed by atoms with van der Waals surface area (Å²) in [6.07, 6.45) is 1.08. The fourth-order valence-electron chi connectivity index (χ4n) is 3.12. The normalized spacial score (nSPS) is 27.2. The summed E-state index contributed by atoms with van der Waals surface area (Å²) in [5.41, 5.74) is -0.554. The molecule has 0 aromatic rings. The minimum absolute atomic E-state index is 0.0556. The Morgan fingerprint density at radius 2 is 1.66 bits per heavy atom. The number of hydrogen-bond acceptors (Lipinski definition) is 8. The molecule has 1 rings (SSSR count). The molecular weight excluding hydrogens is 396 g/mol. The van der Waals surface area contributed by atoms with Gasteiger partial charge in [0, 0.05) is 26.2 Å². The van der Waals surface area contributed by atoms with Crippen LogP contribution in [0.25, 0.3) is 0 Å². The van der Waals surface area contributed by atoms with Crippen LogP contribution in [0, 0.1) is 11.8 Å². The van der Waals surface area contributed by atoms with Crippen molar-refractivity contribution in [2.24, 2.45) is 11.8 Å². The van der Waals surface area contributed by atoms with Crippen molar-refractivity contribution in [2.45, 2.75) is 91.0 Å². The predicted octanol–water partition coefficient (Wildman–Crippen LogP) is 3.72. The van der Waals surface area contributed by atoms with Gasteiger partial charge in [-0.3, -0.25) is 14.4 Å². The lowest BCUT2D eigenvalue weighted by Crippen LogP contribution is -2.52. The monoisotopic (exact) mass is 432 g/mol. The molecule has 2 unspecified atom stereocenters. The Balaban J connectivity index is 2.53. The van der Waals surface area contributed by atoms with Crippen LogP contribution in [0.5, 0.6) is 0 Å². The van der Waals surface area contributed by atoms with E-state index < -0.39 is 23.8 Å². The lowest BCUT2D eigenvalue weighted by Gasteiger charge is -2.43. The van der Waals surface area contributed by atoms with E-state index in [-0.39, 0.29) is 35.8 Å². The first kappa shape index (κ1) is 25.8. The molecule has 1 fully saturated rings. The Morgan fingerprint density at radius 3 is 2.21 bits per heavy atom. The van der Waals surface area contributed by atoms with Crippen LogP contribution in [0.1, 0.15) is 67.7 Å². The van der Waals surface area contributed by atoms with Crippen molar-refractivity contribution in [3.63, 3.8) is 0 Å². The first-order valence-electron chi connectivity index (χ1n) is 10.2. The summed E-state index contributed by atoms with van der Waals surface area (Å²) in [7, 11) is 0. The standard InChI is InChI=1S/C21H36O7S/c1-13-14(2)20(29-11-9-8-10-18(24)28-21(5,6)7)27-17(12-25-15(3)22)19(13)26-16(4)23/h13-14,17,19-20H,8-12H2,1-7H3/t13-,14?,17?,19-,20+/m1/s1. The van der Waals surface area contributed by atoms with Gasteiger partial charge in [0.1, 0.15) is 29.9 Å². The summed E-state index contributed by atoms with van der Waals surface area (Å²) in [6, 6.07) is 0. The zero-order chi connectivity index (χ0) is 22.2. The van der Waals surface area contributed by atoms with Gasteiger partial charge in [0.2, 0.25) is 0 Å². The van der Waals surface area contributed by atoms with E-state index in [4.69, 9.17) is 18.9 Å². The van der Waals surface area contributed by atoms with E-state index in [9.17, 15) is 14.4 Å². The number of ether oxygens (including phenoxy) is 4. The molecule has 0 spiro atoms. The fraction of sp³-hybridized carbons (Fsp3) is 0.857. The first-order valence-corrected chi connectivity index (χ1v) is 11.2. The first-order chi connectivity index (χ1) is 13.4. The van der Waals surface area contributed by atoms with Crippen LogP contribution < -0.4 is 0 Å². The third kappa shape index (κ3) is 9.85.